The van der Waals surface area contributed by atoms with E-state index in [0.29, 0.717) is 16.5 Å². The summed E-state index contributed by atoms with van der Waals surface area (Å²) >= 11 is 12.0. The number of hydrogen-bond acceptors (Lipinski definition) is 1. The fraction of sp³-hybridized carbons (Fsp3) is 0.500. The first-order chi connectivity index (χ1) is 7.03. The van der Waals surface area contributed by atoms with E-state index in [-0.39, 0.29) is 11.5 Å². The second-order valence-corrected chi connectivity index (χ2v) is 5.37. The Hall–Kier alpha value is -0.240. The SMILES string of the molecule is CC1(C(O)Cc2cccc(Cl)c2Cl)CC1. The molecule has 1 unspecified atom stereocenters. The predicted molar refractivity (Wildman–Crippen MR) is 63.5 cm³/mol. The lowest BCUT2D eigenvalue weighted by Crippen LogP contribution is -2.21. The zero-order chi connectivity index (χ0) is 11.1. The molecule has 1 N–H and O–H groups in total. The topological polar surface area (TPSA) is 20.2 Å². The van der Waals surface area contributed by atoms with Crippen molar-refractivity contribution in [1.29, 1.82) is 0 Å². The minimum absolute atomic E-state index is 0.103. The summed E-state index contributed by atoms with van der Waals surface area (Å²) < 4.78 is 0. The van der Waals surface area contributed by atoms with Crippen LogP contribution in [0.2, 0.25) is 10.0 Å². The molecule has 1 aromatic carbocycles. The molecule has 0 bridgehead atoms. The van der Waals surface area contributed by atoms with E-state index in [0.717, 1.165) is 18.4 Å². The molecule has 1 aromatic rings. The number of halogens is 2. The number of rotatable bonds is 3. The van der Waals surface area contributed by atoms with Gasteiger partial charge in [0.2, 0.25) is 0 Å². The average molecular weight is 245 g/mol. The van der Waals surface area contributed by atoms with E-state index < -0.39 is 0 Å². The van der Waals surface area contributed by atoms with E-state index in [1.54, 1.807) is 6.07 Å². The van der Waals surface area contributed by atoms with E-state index in [1.807, 2.05) is 12.1 Å². The van der Waals surface area contributed by atoms with Gasteiger partial charge in [0.15, 0.2) is 0 Å². The molecule has 82 valence electrons. The van der Waals surface area contributed by atoms with Gasteiger partial charge in [-0.2, -0.15) is 0 Å². The highest BCUT2D eigenvalue weighted by Crippen LogP contribution is 2.49. The van der Waals surface area contributed by atoms with Crippen LogP contribution in [0.4, 0.5) is 0 Å². The zero-order valence-corrected chi connectivity index (χ0v) is 10.1. The van der Waals surface area contributed by atoms with Crippen molar-refractivity contribution >= 4 is 23.2 Å². The summed E-state index contributed by atoms with van der Waals surface area (Å²) in [6, 6.07) is 5.55. The summed E-state index contributed by atoms with van der Waals surface area (Å²) in [5.74, 6) is 0. The van der Waals surface area contributed by atoms with Crippen LogP contribution in [-0.2, 0) is 6.42 Å². The van der Waals surface area contributed by atoms with Gasteiger partial charge < -0.3 is 5.11 Å². The number of aliphatic hydroxyl groups excluding tert-OH is 1. The van der Waals surface area contributed by atoms with Crippen LogP contribution in [0.15, 0.2) is 18.2 Å². The maximum atomic E-state index is 10.0. The van der Waals surface area contributed by atoms with Crippen molar-refractivity contribution in [2.45, 2.75) is 32.3 Å². The second-order valence-electron chi connectivity index (χ2n) is 4.59. The van der Waals surface area contributed by atoms with Crippen molar-refractivity contribution in [2.24, 2.45) is 5.41 Å². The highest BCUT2D eigenvalue weighted by Gasteiger charge is 2.44. The number of aliphatic hydroxyl groups is 1. The summed E-state index contributed by atoms with van der Waals surface area (Å²) in [5, 5.41) is 11.1. The first-order valence-corrected chi connectivity index (χ1v) is 5.89. The van der Waals surface area contributed by atoms with Crippen molar-refractivity contribution in [2.75, 3.05) is 0 Å². The molecule has 0 radical (unpaired) electrons. The van der Waals surface area contributed by atoms with E-state index in [4.69, 9.17) is 23.2 Å². The molecule has 0 aromatic heterocycles. The summed E-state index contributed by atoms with van der Waals surface area (Å²) in [4.78, 5) is 0. The summed E-state index contributed by atoms with van der Waals surface area (Å²) in [6.45, 7) is 2.11. The van der Waals surface area contributed by atoms with Crippen molar-refractivity contribution in [3.63, 3.8) is 0 Å². The third-order valence-corrected chi connectivity index (χ3v) is 4.15. The normalized spacial score (nSPS) is 20.0. The van der Waals surface area contributed by atoms with Gasteiger partial charge in [-0.25, -0.2) is 0 Å². The van der Waals surface area contributed by atoms with Crippen molar-refractivity contribution in [3.05, 3.63) is 33.8 Å². The quantitative estimate of drug-likeness (QED) is 0.860. The first-order valence-electron chi connectivity index (χ1n) is 5.14. The van der Waals surface area contributed by atoms with Crippen molar-refractivity contribution < 1.29 is 5.11 Å². The molecule has 2 rings (SSSR count). The fourth-order valence-corrected chi connectivity index (χ4v) is 2.09. The Morgan fingerprint density at radius 1 is 1.40 bits per heavy atom. The van der Waals surface area contributed by atoms with E-state index in [2.05, 4.69) is 6.92 Å². The lowest BCUT2D eigenvalue weighted by molar-refractivity contribution is 0.103. The van der Waals surface area contributed by atoms with Crippen LogP contribution < -0.4 is 0 Å². The molecule has 1 aliphatic carbocycles. The number of benzene rings is 1. The van der Waals surface area contributed by atoms with Crippen LogP contribution in [0.3, 0.4) is 0 Å². The van der Waals surface area contributed by atoms with Crippen LogP contribution in [0, 0.1) is 5.41 Å². The van der Waals surface area contributed by atoms with E-state index >= 15 is 0 Å². The second kappa shape index (κ2) is 3.97. The van der Waals surface area contributed by atoms with Gasteiger partial charge in [0, 0.05) is 6.42 Å². The Balaban J connectivity index is 2.14. The molecule has 0 spiro atoms. The van der Waals surface area contributed by atoms with Crippen molar-refractivity contribution in [3.8, 4) is 0 Å². The lowest BCUT2D eigenvalue weighted by Gasteiger charge is -2.18. The smallest absolute Gasteiger partial charge is 0.0634 e. The van der Waals surface area contributed by atoms with Gasteiger partial charge in [-0.05, 0) is 29.9 Å². The van der Waals surface area contributed by atoms with Crippen LogP contribution in [0.5, 0.6) is 0 Å². The van der Waals surface area contributed by atoms with Gasteiger partial charge in [-0.1, -0.05) is 42.3 Å². The maximum Gasteiger partial charge on any atom is 0.0634 e. The highest BCUT2D eigenvalue weighted by molar-refractivity contribution is 6.42. The molecule has 0 saturated heterocycles. The first kappa shape index (κ1) is 11.3. The van der Waals surface area contributed by atoms with Gasteiger partial charge in [-0.15, -0.1) is 0 Å². The Labute approximate surface area is 100 Å². The van der Waals surface area contributed by atoms with Crippen LogP contribution in [-0.4, -0.2) is 11.2 Å². The Bertz CT molecular complexity index is 372. The van der Waals surface area contributed by atoms with Gasteiger partial charge in [0.1, 0.15) is 0 Å². The number of hydrogen-bond donors (Lipinski definition) is 1. The van der Waals surface area contributed by atoms with Gasteiger partial charge in [-0.3, -0.25) is 0 Å². The van der Waals surface area contributed by atoms with E-state index in [9.17, 15) is 5.11 Å². The molecule has 1 atom stereocenters. The summed E-state index contributed by atoms with van der Waals surface area (Å²) in [5.41, 5.74) is 1.04. The molecule has 1 saturated carbocycles. The van der Waals surface area contributed by atoms with Gasteiger partial charge in [0.25, 0.3) is 0 Å². The standard InChI is InChI=1S/C12H14Cl2O/c1-12(5-6-12)10(15)7-8-3-2-4-9(13)11(8)14/h2-4,10,15H,5-7H2,1H3. The van der Waals surface area contributed by atoms with Crippen LogP contribution >= 0.6 is 23.2 Å². The zero-order valence-electron chi connectivity index (χ0n) is 8.63. The summed E-state index contributed by atoms with van der Waals surface area (Å²) in [7, 11) is 0. The monoisotopic (exact) mass is 244 g/mol. The maximum absolute atomic E-state index is 10.0. The molecule has 1 aliphatic rings. The molecular formula is C12H14Cl2O. The third kappa shape index (κ3) is 2.30. The Kier molecular flexibility index (Phi) is 2.98. The molecule has 0 aliphatic heterocycles. The van der Waals surface area contributed by atoms with Crippen LogP contribution in [0.1, 0.15) is 25.3 Å². The molecule has 15 heavy (non-hydrogen) atoms. The summed E-state index contributed by atoms with van der Waals surface area (Å²) in [6.07, 6.45) is 2.49. The Morgan fingerprint density at radius 3 is 2.67 bits per heavy atom. The minimum atomic E-state index is -0.312. The highest BCUT2D eigenvalue weighted by atomic mass is 35.5. The van der Waals surface area contributed by atoms with Gasteiger partial charge in [0.05, 0.1) is 16.1 Å². The molecule has 1 fully saturated rings. The fourth-order valence-electron chi connectivity index (χ4n) is 1.69. The minimum Gasteiger partial charge on any atom is -0.392 e. The molecule has 0 heterocycles. The van der Waals surface area contributed by atoms with E-state index in [1.165, 1.54) is 0 Å². The third-order valence-electron chi connectivity index (χ3n) is 3.29. The molecule has 0 amide bonds. The average Bonchev–Trinajstić information content (AvgIpc) is 2.93. The predicted octanol–water partition coefficient (Wildman–Crippen LogP) is 3.70. The lowest BCUT2D eigenvalue weighted by atomic mass is 9.95. The van der Waals surface area contributed by atoms with Crippen LogP contribution in [0.25, 0.3) is 0 Å². The molecular weight excluding hydrogens is 231 g/mol. The molecule has 3 heteroatoms. The Morgan fingerprint density at radius 2 is 2.07 bits per heavy atom. The largest absolute Gasteiger partial charge is 0.392 e. The van der Waals surface area contributed by atoms with Crippen molar-refractivity contribution in [1.82, 2.24) is 0 Å². The van der Waals surface area contributed by atoms with Gasteiger partial charge >= 0.3 is 0 Å². The molecule has 1 nitrogen and oxygen atoms in total.